The molecule has 0 amide bonds. The molecule has 1 N–H and O–H groups in total. The zero-order chi connectivity index (χ0) is 14.0. The van der Waals surface area contributed by atoms with Gasteiger partial charge in [0, 0.05) is 0 Å². The minimum Gasteiger partial charge on any atom is -0.496 e. The average molecular weight is 264 g/mol. The molecule has 1 aliphatic carbocycles. The topological polar surface area (TPSA) is 72.8 Å². The molecule has 5 heteroatoms. The number of aromatic carboxylic acids is 1. The van der Waals surface area contributed by atoms with Gasteiger partial charge in [0.15, 0.2) is 0 Å². The molecule has 2 rings (SSSR count). The Morgan fingerprint density at radius 1 is 1.42 bits per heavy atom. The van der Waals surface area contributed by atoms with Gasteiger partial charge in [-0.25, -0.2) is 4.79 Å². The Morgan fingerprint density at radius 3 is 2.74 bits per heavy atom. The fraction of sp³-hybridized carbons (Fsp3) is 0.429. The number of ether oxygens (including phenoxy) is 2. The van der Waals surface area contributed by atoms with Gasteiger partial charge in [0.05, 0.1) is 19.6 Å². The molecule has 0 radical (unpaired) electrons. The van der Waals surface area contributed by atoms with E-state index in [1.165, 1.54) is 7.11 Å². The number of carboxylic acid groups (broad SMARTS) is 1. The lowest BCUT2D eigenvalue weighted by Crippen LogP contribution is -2.07. The van der Waals surface area contributed by atoms with Gasteiger partial charge in [0.25, 0.3) is 0 Å². The lowest BCUT2D eigenvalue weighted by Gasteiger charge is -2.07. The number of hydrogen-bond donors (Lipinski definition) is 1. The van der Waals surface area contributed by atoms with Crippen LogP contribution >= 0.6 is 0 Å². The fourth-order valence-electron chi connectivity index (χ4n) is 2.20. The number of carbonyl (C=O) groups excluding carboxylic acids is 1. The summed E-state index contributed by atoms with van der Waals surface area (Å²) < 4.78 is 9.96. The highest BCUT2D eigenvalue weighted by atomic mass is 16.5. The summed E-state index contributed by atoms with van der Waals surface area (Å²) in [7, 11) is 1.43. The number of esters is 1. The lowest BCUT2D eigenvalue weighted by atomic mass is 10.0. The first kappa shape index (κ1) is 13.4. The maximum Gasteiger partial charge on any atom is 0.339 e. The Bertz CT molecular complexity index is 509. The van der Waals surface area contributed by atoms with Crippen LogP contribution in [0.1, 0.15) is 35.2 Å². The second kappa shape index (κ2) is 5.30. The summed E-state index contributed by atoms with van der Waals surface area (Å²) in [6, 6.07) is 5.00. The van der Waals surface area contributed by atoms with E-state index in [-0.39, 0.29) is 23.4 Å². The minimum absolute atomic E-state index is 0.0584. The van der Waals surface area contributed by atoms with E-state index < -0.39 is 5.97 Å². The van der Waals surface area contributed by atoms with Gasteiger partial charge in [-0.3, -0.25) is 4.79 Å². The normalized spacial score (nSPS) is 20.7. The molecule has 19 heavy (non-hydrogen) atoms. The van der Waals surface area contributed by atoms with Gasteiger partial charge < -0.3 is 14.6 Å². The van der Waals surface area contributed by atoms with Crippen LogP contribution in [0.3, 0.4) is 0 Å². The van der Waals surface area contributed by atoms with Crippen LogP contribution < -0.4 is 4.74 Å². The zero-order valence-corrected chi connectivity index (χ0v) is 10.9. The van der Waals surface area contributed by atoms with Crippen molar-refractivity contribution in [3.05, 3.63) is 29.3 Å². The SMILES string of the molecule is CCOC(=O)C1CC1c1ccc(OC)c(C(=O)O)c1. The van der Waals surface area contributed by atoms with E-state index in [9.17, 15) is 9.59 Å². The van der Waals surface area contributed by atoms with Gasteiger partial charge >= 0.3 is 11.9 Å². The maximum atomic E-state index is 11.6. The molecule has 0 spiro atoms. The van der Waals surface area contributed by atoms with Gasteiger partial charge in [-0.05, 0) is 37.0 Å². The molecule has 0 aromatic heterocycles. The molecule has 1 aromatic rings. The third kappa shape index (κ3) is 2.70. The second-order valence-corrected chi connectivity index (χ2v) is 4.47. The van der Waals surface area contributed by atoms with Crippen LogP contribution in [0.2, 0.25) is 0 Å². The van der Waals surface area contributed by atoms with Crippen LogP contribution in [-0.4, -0.2) is 30.8 Å². The van der Waals surface area contributed by atoms with Crippen molar-refractivity contribution in [3.8, 4) is 5.75 Å². The van der Waals surface area contributed by atoms with Gasteiger partial charge in [0.1, 0.15) is 11.3 Å². The van der Waals surface area contributed by atoms with E-state index in [0.29, 0.717) is 18.8 Å². The molecule has 1 aliphatic rings. The standard InChI is InChI=1S/C14H16O5/c1-3-19-14(17)10-7-9(10)8-4-5-12(18-2)11(6-8)13(15)16/h4-6,9-10H,3,7H2,1-2H3,(H,15,16). The maximum absolute atomic E-state index is 11.6. The number of rotatable bonds is 5. The molecule has 102 valence electrons. The molecule has 2 unspecified atom stereocenters. The number of benzene rings is 1. The Kier molecular flexibility index (Phi) is 3.74. The highest BCUT2D eigenvalue weighted by Crippen LogP contribution is 2.48. The van der Waals surface area contributed by atoms with Crippen molar-refractivity contribution >= 4 is 11.9 Å². The van der Waals surface area contributed by atoms with Gasteiger partial charge in [0.2, 0.25) is 0 Å². The minimum atomic E-state index is -1.04. The molecule has 0 saturated heterocycles. The van der Waals surface area contributed by atoms with E-state index in [0.717, 1.165) is 5.56 Å². The molecule has 5 nitrogen and oxygen atoms in total. The van der Waals surface area contributed by atoms with Crippen LogP contribution in [-0.2, 0) is 9.53 Å². The monoisotopic (exact) mass is 264 g/mol. The second-order valence-electron chi connectivity index (χ2n) is 4.47. The van der Waals surface area contributed by atoms with Crippen LogP contribution in [0.15, 0.2) is 18.2 Å². The predicted molar refractivity (Wildman–Crippen MR) is 67.4 cm³/mol. The highest BCUT2D eigenvalue weighted by molar-refractivity contribution is 5.91. The van der Waals surface area contributed by atoms with Gasteiger partial charge in [-0.2, -0.15) is 0 Å². The molecule has 1 fully saturated rings. The Balaban J connectivity index is 2.17. The quantitative estimate of drug-likeness (QED) is 0.824. The first-order chi connectivity index (χ1) is 9.08. The molecule has 0 heterocycles. The third-order valence-electron chi connectivity index (χ3n) is 3.26. The number of carbonyl (C=O) groups is 2. The first-order valence-corrected chi connectivity index (χ1v) is 6.16. The van der Waals surface area contributed by atoms with E-state index in [4.69, 9.17) is 14.6 Å². The summed E-state index contributed by atoms with van der Waals surface area (Å²) in [5.74, 6) is -1.00. The van der Waals surface area contributed by atoms with Crippen molar-refractivity contribution in [3.63, 3.8) is 0 Å². The summed E-state index contributed by atoms with van der Waals surface area (Å²) in [5, 5.41) is 9.11. The third-order valence-corrected chi connectivity index (χ3v) is 3.26. The summed E-state index contributed by atoms with van der Waals surface area (Å²) in [4.78, 5) is 22.7. The van der Waals surface area contributed by atoms with Crippen molar-refractivity contribution in [1.29, 1.82) is 0 Å². The fourth-order valence-corrected chi connectivity index (χ4v) is 2.20. The van der Waals surface area contributed by atoms with Crippen LogP contribution in [0.25, 0.3) is 0 Å². The van der Waals surface area contributed by atoms with E-state index in [1.54, 1.807) is 25.1 Å². The predicted octanol–water partition coefficient (Wildman–Crippen LogP) is 2.06. The number of hydrogen-bond acceptors (Lipinski definition) is 4. The van der Waals surface area contributed by atoms with Crippen LogP contribution in [0.4, 0.5) is 0 Å². The summed E-state index contributed by atoms with van der Waals surface area (Å²) >= 11 is 0. The molecular weight excluding hydrogens is 248 g/mol. The molecule has 1 saturated carbocycles. The van der Waals surface area contributed by atoms with Crippen molar-refractivity contribution in [2.45, 2.75) is 19.3 Å². The van der Waals surface area contributed by atoms with Crippen molar-refractivity contribution in [2.75, 3.05) is 13.7 Å². The molecule has 0 aliphatic heterocycles. The Hall–Kier alpha value is -2.04. The molecular formula is C14H16O5. The van der Waals surface area contributed by atoms with E-state index in [1.807, 2.05) is 0 Å². The van der Waals surface area contributed by atoms with Crippen molar-refractivity contribution < 1.29 is 24.2 Å². The Labute approximate surface area is 111 Å². The number of methoxy groups -OCH3 is 1. The molecule has 0 bridgehead atoms. The van der Waals surface area contributed by atoms with Crippen LogP contribution in [0.5, 0.6) is 5.75 Å². The highest BCUT2D eigenvalue weighted by Gasteiger charge is 2.45. The largest absolute Gasteiger partial charge is 0.496 e. The van der Waals surface area contributed by atoms with Crippen molar-refractivity contribution in [2.24, 2.45) is 5.92 Å². The zero-order valence-electron chi connectivity index (χ0n) is 10.9. The van der Waals surface area contributed by atoms with Crippen LogP contribution in [0, 0.1) is 5.92 Å². The number of carboxylic acids is 1. The first-order valence-electron chi connectivity index (χ1n) is 6.16. The molecule has 2 atom stereocenters. The van der Waals surface area contributed by atoms with Gasteiger partial charge in [-0.15, -0.1) is 0 Å². The summed E-state index contributed by atoms with van der Waals surface area (Å²) in [6.45, 7) is 2.14. The van der Waals surface area contributed by atoms with Gasteiger partial charge in [-0.1, -0.05) is 6.07 Å². The Morgan fingerprint density at radius 2 is 2.16 bits per heavy atom. The van der Waals surface area contributed by atoms with E-state index >= 15 is 0 Å². The average Bonchev–Trinajstić information content (AvgIpc) is 3.18. The summed E-state index contributed by atoms with van der Waals surface area (Å²) in [5.41, 5.74) is 0.964. The smallest absolute Gasteiger partial charge is 0.339 e. The lowest BCUT2D eigenvalue weighted by molar-refractivity contribution is -0.144. The van der Waals surface area contributed by atoms with Crippen molar-refractivity contribution in [1.82, 2.24) is 0 Å². The van der Waals surface area contributed by atoms with E-state index in [2.05, 4.69) is 0 Å². The summed E-state index contributed by atoms with van der Waals surface area (Å²) in [6.07, 6.45) is 0.713. The molecule has 1 aromatic carbocycles.